The Balaban J connectivity index is 3.13. The highest BCUT2D eigenvalue weighted by Crippen LogP contribution is 2.20. The van der Waals surface area contributed by atoms with Gasteiger partial charge in [0, 0.05) is 0 Å². The first-order valence-corrected chi connectivity index (χ1v) is 4.05. The number of hydroxylamine groups is 1. The van der Waals surface area contributed by atoms with Crippen LogP contribution in [0.15, 0.2) is 0 Å². The minimum atomic E-state index is 0.235. The molecular weight excluding hydrogens is 186 g/mol. The molecule has 0 aliphatic heterocycles. The summed E-state index contributed by atoms with van der Waals surface area (Å²) in [4.78, 5) is 8.04. The lowest BCUT2D eigenvalue weighted by Crippen LogP contribution is -2.11. The van der Waals surface area contributed by atoms with Crippen molar-refractivity contribution in [3.05, 3.63) is 11.3 Å². The van der Waals surface area contributed by atoms with Gasteiger partial charge in [-0.1, -0.05) is 0 Å². The number of ether oxygens (including phenoxy) is 2. The number of nitrogens with zero attached hydrogens (tertiary/aromatic N) is 2. The minimum Gasteiger partial charge on any atom is -0.481 e. The Morgan fingerprint density at radius 3 is 2.50 bits per heavy atom. The molecule has 2 N–H and O–H groups in total. The summed E-state index contributed by atoms with van der Waals surface area (Å²) in [6.07, 6.45) is 0. The zero-order valence-electron chi connectivity index (χ0n) is 8.37. The van der Waals surface area contributed by atoms with Crippen molar-refractivity contribution in [2.45, 2.75) is 13.5 Å². The molecule has 1 aromatic heterocycles. The van der Waals surface area contributed by atoms with Gasteiger partial charge in [-0.05, 0) is 6.92 Å². The van der Waals surface area contributed by atoms with Crippen molar-refractivity contribution in [3.8, 4) is 11.9 Å². The first-order valence-electron chi connectivity index (χ1n) is 4.05. The molecule has 6 heteroatoms. The van der Waals surface area contributed by atoms with Crippen molar-refractivity contribution in [1.29, 1.82) is 0 Å². The first-order chi connectivity index (χ1) is 6.72. The maximum absolute atomic E-state index is 8.60. The number of rotatable bonds is 4. The number of nitrogens with one attached hydrogen (secondary N) is 1. The number of aryl methyl sites for hydroxylation is 1. The SMILES string of the molecule is COc1nc(C)c(CNO)c(OC)n1. The second-order valence-corrected chi connectivity index (χ2v) is 2.62. The Morgan fingerprint density at radius 1 is 1.29 bits per heavy atom. The largest absolute Gasteiger partial charge is 0.481 e. The molecule has 1 rings (SSSR count). The molecule has 0 fully saturated rings. The van der Waals surface area contributed by atoms with Crippen LogP contribution >= 0.6 is 0 Å². The molecule has 1 heterocycles. The van der Waals surface area contributed by atoms with Crippen LogP contribution in [0.3, 0.4) is 0 Å². The van der Waals surface area contributed by atoms with Gasteiger partial charge in [-0.15, -0.1) is 0 Å². The molecule has 1 aromatic rings. The molecule has 14 heavy (non-hydrogen) atoms. The van der Waals surface area contributed by atoms with Gasteiger partial charge < -0.3 is 14.7 Å². The van der Waals surface area contributed by atoms with Crippen LogP contribution in [-0.4, -0.2) is 29.4 Å². The van der Waals surface area contributed by atoms with Crippen LogP contribution in [0, 0.1) is 6.92 Å². The molecule has 0 aromatic carbocycles. The summed E-state index contributed by atoms with van der Waals surface area (Å²) in [6, 6.07) is 0.251. The van der Waals surface area contributed by atoms with E-state index in [0.29, 0.717) is 17.1 Å². The molecule has 0 saturated heterocycles. The topological polar surface area (TPSA) is 76.5 Å². The number of aromatic nitrogens is 2. The molecule has 0 saturated carbocycles. The van der Waals surface area contributed by atoms with Gasteiger partial charge in [-0.3, -0.25) is 0 Å². The van der Waals surface area contributed by atoms with E-state index in [0.717, 1.165) is 0 Å². The van der Waals surface area contributed by atoms with Crippen LogP contribution in [0.25, 0.3) is 0 Å². The van der Waals surface area contributed by atoms with Crippen LogP contribution in [0.2, 0.25) is 0 Å². The predicted molar refractivity (Wildman–Crippen MR) is 48.5 cm³/mol. The third-order valence-electron chi connectivity index (χ3n) is 1.79. The standard InChI is InChI=1S/C8H13N3O3/c1-5-6(4-9-12)7(13-2)11-8(10-5)14-3/h9,12H,4H2,1-3H3. The summed E-state index contributed by atoms with van der Waals surface area (Å²) in [5, 5.41) is 8.60. The van der Waals surface area contributed by atoms with E-state index < -0.39 is 0 Å². The van der Waals surface area contributed by atoms with Crippen LogP contribution in [-0.2, 0) is 6.54 Å². The molecule has 0 aliphatic carbocycles. The van der Waals surface area contributed by atoms with Crippen molar-refractivity contribution >= 4 is 0 Å². The molecule has 0 amide bonds. The highest BCUT2D eigenvalue weighted by molar-refractivity contribution is 5.31. The lowest BCUT2D eigenvalue weighted by molar-refractivity contribution is 0.159. The summed E-state index contributed by atoms with van der Waals surface area (Å²) in [6.45, 7) is 2.03. The summed E-state index contributed by atoms with van der Waals surface area (Å²) >= 11 is 0. The van der Waals surface area contributed by atoms with Crippen LogP contribution in [0.5, 0.6) is 11.9 Å². The maximum atomic E-state index is 8.60. The van der Waals surface area contributed by atoms with Gasteiger partial charge in [-0.2, -0.15) is 9.97 Å². The highest BCUT2D eigenvalue weighted by Gasteiger charge is 2.11. The summed E-state index contributed by atoms with van der Waals surface area (Å²) in [7, 11) is 2.99. The first kappa shape index (κ1) is 10.7. The second kappa shape index (κ2) is 4.73. The van der Waals surface area contributed by atoms with Crippen LogP contribution in [0.1, 0.15) is 11.3 Å². The van der Waals surface area contributed by atoms with Gasteiger partial charge in [0.25, 0.3) is 0 Å². The van der Waals surface area contributed by atoms with Crippen molar-refractivity contribution in [2.24, 2.45) is 0 Å². The predicted octanol–water partition coefficient (Wildman–Crippen LogP) is 0.281. The lowest BCUT2D eigenvalue weighted by Gasteiger charge is -2.10. The Hall–Kier alpha value is -1.40. The zero-order valence-corrected chi connectivity index (χ0v) is 8.37. The molecule has 0 atom stereocenters. The van der Waals surface area contributed by atoms with Gasteiger partial charge >= 0.3 is 6.01 Å². The van der Waals surface area contributed by atoms with Gasteiger partial charge in [0.15, 0.2) is 0 Å². The van der Waals surface area contributed by atoms with E-state index in [-0.39, 0.29) is 12.6 Å². The van der Waals surface area contributed by atoms with Gasteiger partial charge in [0.1, 0.15) is 0 Å². The molecule has 0 bridgehead atoms. The van der Waals surface area contributed by atoms with E-state index in [2.05, 4.69) is 9.97 Å². The molecule has 6 nitrogen and oxygen atoms in total. The van der Waals surface area contributed by atoms with Gasteiger partial charge in [0.2, 0.25) is 5.88 Å². The Bertz CT molecular complexity index is 317. The monoisotopic (exact) mass is 199 g/mol. The fraction of sp³-hybridized carbons (Fsp3) is 0.500. The van der Waals surface area contributed by atoms with E-state index in [9.17, 15) is 0 Å². The average molecular weight is 199 g/mol. The summed E-state index contributed by atoms with van der Waals surface area (Å²) in [5.41, 5.74) is 3.44. The number of hydrogen-bond acceptors (Lipinski definition) is 6. The Labute approximate surface area is 81.9 Å². The Morgan fingerprint density at radius 2 is 2.00 bits per heavy atom. The smallest absolute Gasteiger partial charge is 0.319 e. The quantitative estimate of drug-likeness (QED) is 0.678. The second-order valence-electron chi connectivity index (χ2n) is 2.62. The molecule has 0 spiro atoms. The van der Waals surface area contributed by atoms with E-state index >= 15 is 0 Å². The molecule has 0 radical (unpaired) electrons. The fourth-order valence-corrected chi connectivity index (χ4v) is 1.09. The van der Waals surface area contributed by atoms with Crippen LogP contribution < -0.4 is 15.0 Å². The highest BCUT2D eigenvalue weighted by atomic mass is 16.5. The van der Waals surface area contributed by atoms with E-state index in [1.165, 1.54) is 14.2 Å². The van der Waals surface area contributed by atoms with Crippen molar-refractivity contribution in [1.82, 2.24) is 15.4 Å². The normalized spacial score (nSPS) is 10.0. The number of methoxy groups -OCH3 is 2. The van der Waals surface area contributed by atoms with E-state index in [4.69, 9.17) is 14.7 Å². The lowest BCUT2D eigenvalue weighted by atomic mass is 10.2. The minimum absolute atomic E-state index is 0.235. The third kappa shape index (κ3) is 2.09. The summed E-state index contributed by atoms with van der Waals surface area (Å²) in [5.74, 6) is 0.399. The van der Waals surface area contributed by atoms with E-state index in [1.807, 2.05) is 5.48 Å². The Kier molecular flexibility index (Phi) is 3.61. The van der Waals surface area contributed by atoms with Crippen molar-refractivity contribution < 1.29 is 14.7 Å². The molecule has 78 valence electrons. The van der Waals surface area contributed by atoms with Crippen molar-refractivity contribution in [3.63, 3.8) is 0 Å². The summed E-state index contributed by atoms with van der Waals surface area (Å²) < 4.78 is 9.92. The molecule has 0 aliphatic rings. The maximum Gasteiger partial charge on any atom is 0.319 e. The zero-order chi connectivity index (χ0) is 10.6. The average Bonchev–Trinajstić information content (AvgIpc) is 2.20. The molecular formula is C8H13N3O3. The third-order valence-corrected chi connectivity index (χ3v) is 1.79. The van der Waals surface area contributed by atoms with E-state index in [1.54, 1.807) is 6.92 Å². The van der Waals surface area contributed by atoms with Crippen LogP contribution in [0.4, 0.5) is 0 Å². The fourth-order valence-electron chi connectivity index (χ4n) is 1.09. The number of hydrogen-bond donors (Lipinski definition) is 2. The van der Waals surface area contributed by atoms with Gasteiger partial charge in [0.05, 0.1) is 32.0 Å². The molecule has 0 unspecified atom stereocenters. The van der Waals surface area contributed by atoms with Crippen molar-refractivity contribution in [2.75, 3.05) is 14.2 Å². The van der Waals surface area contributed by atoms with Gasteiger partial charge in [-0.25, -0.2) is 5.48 Å².